The van der Waals surface area contributed by atoms with Crippen molar-refractivity contribution in [3.05, 3.63) is 59.2 Å². The molecule has 5 heteroatoms. The highest BCUT2D eigenvalue weighted by atomic mass is 32.1. The maximum Gasteiger partial charge on any atom is 0.228 e. The zero-order valence-electron chi connectivity index (χ0n) is 12.6. The monoisotopic (exact) mass is 321 g/mol. The average molecular weight is 321 g/mol. The van der Waals surface area contributed by atoms with Crippen molar-refractivity contribution in [2.45, 2.75) is 13.3 Å². The molecule has 0 saturated carbocycles. The van der Waals surface area contributed by atoms with Gasteiger partial charge in [-0.1, -0.05) is 6.07 Å². The van der Waals surface area contributed by atoms with Crippen LogP contribution in [0.1, 0.15) is 10.6 Å². The van der Waals surface area contributed by atoms with Crippen LogP contribution in [-0.4, -0.2) is 15.9 Å². The maximum atomic E-state index is 12.3. The zero-order valence-corrected chi connectivity index (χ0v) is 13.4. The van der Waals surface area contributed by atoms with Gasteiger partial charge in [-0.05, 0) is 54.3 Å². The zero-order chi connectivity index (χ0) is 15.8. The van der Waals surface area contributed by atoms with Gasteiger partial charge in [-0.15, -0.1) is 11.3 Å². The lowest BCUT2D eigenvalue weighted by atomic mass is 10.1. The van der Waals surface area contributed by atoms with E-state index >= 15 is 0 Å². The van der Waals surface area contributed by atoms with E-state index in [1.165, 1.54) is 0 Å². The first-order valence-electron chi connectivity index (χ1n) is 7.40. The second kappa shape index (κ2) is 5.52. The SMILES string of the molecule is Cc1nc2cc(NC(=O)Cc3ccc4[nH]ccc4c3)ccc2s1. The fourth-order valence-electron chi connectivity index (χ4n) is 2.72. The largest absolute Gasteiger partial charge is 0.361 e. The molecular weight excluding hydrogens is 306 g/mol. The topological polar surface area (TPSA) is 57.8 Å². The normalized spacial score (nSPS) is 11.2. The van der Waals surface area contributed by atoms with Crippen LogP contribution in [0.15, 0.2) is 48.7 Å². The van der Waals surface area contributed by atoms with E-state index in [2.05, 4.69) is 15.3 Å². The molecule has 4 aromatic rings. The number of nitrogens with zero attached hydrogens (tertiary/aromatic N) is 1. The molecule has 4 nitrogen and oxygen atoms in total. The number of benzene rings is 2. The van der Waals surface area contributed by atoms with E-state index in [1.807, 2.05) is 55.6 Å². The fraction of sp³-hybridized carbons (Fsp3) is 0.111. The van der Waals surface area contributed by atoms with Gasteiger partial charge in [0, 0.05) is 17.4 Å². The number of rotatable bonds is 3. The van der Waals surface area contributed by atoms with Gasteiger partial charge >= 0.3 is 0 Å². The molecule has 114 valence electrons. The number of aromatic nitrogens is 2. The lowest BCUT2D eigenvalue weighted by Crippen LogP contribution is -2.14. The van der Waals surface area contributed by atoms with Crippen LogP contribution in [0.3, 0.4) is 0 Å². The molecule has 0 fully saturated rings. The van der Waals surface area contributed by atoms with Crippen molar-refractivity contribution in [1.82, 2.24) is 9.97 Å². The summed E-state index contributed by atoms with van der Waals surface area (Å²) in [6, 6.07) is 13.9. The molecule has 2 aromatic carbocycles. The Morgan fingerprint density at radius 2 is 2.13 bits per heavy atom. The molecule has 2 aromatic heterocycles. The number of nitrogens with one attached hydrogen (secondary N) is 2. The smallest absolute Gasteiger partial charge is 0.228 e. The summed E-state index contributed by atoms with van der Waals surface area (Å²) in [5.74, 6) is -0.0220. The molecule has 0 spiro atoms. The third-order valence-corrected chi connectivity index (χ3v) is 4.71. The van der Waals surface area contributed by atoms with Gasteiger partial charge in [0.15, 0.2) is 0 Å². The van der Waals surface area contributed by atoms with Gasteiger partial charge < -0.3 is 10.3 Å². The van der Waals surface area contributed by atoms with E-state index in [-0.39, 0.29) is 5.91 Å². The van der Waals surface area contributed by atoms with Gasteiger partial charge in [-0.3, -0.25) is 4.79 Å². The van der Waals surface area contributed by atoms with Gasteiger partial charge in [-0.2, -0.15) is 0 Å². The molecule has 0 saturated heterocycles. The maximum absolute atomic E-state index is 12.3. The molecule has 0 bridgehead atoms. The molecule has 1 amide bonds. The summed E-state index contributed by atoms with van der Waals surface area (Å²) in [6.45, 7) is 1.99. The van der Waals surface area contributed by atoms with Crippen LogP contribution in [0.5, 0.6) is 0 Å². The first-order valence-corrected chi connectivity index (χ1v) is 8.22. The Kier molecular flexibility index (Phi) is 3.35. The van der Waals surface area contributed by atoms with E-state index in [9.17, 15) is 4.79 Å². The average Bonchev–Trinajstić information content (AvgIpc) is 3.11. The molecule has 0 aliphatic rings. The number of aromatic amines is 1. The lowest BCUT2D eigenvalue weighted by Gasteiger charge is -2.05. The van der Waals surface area contributed by atoms with Crippen molar-refractivity contribution in [1.29, 1.82) is 0 Å². The predicted octanol–water partition coefficient (Wildman–Crippen LogP) is 4.27. The van der Waals surface area contributed by atoms with Crippen LogP contribution in [-0.2, 0) is 11.2 Å². The van der Waals surface area contributed by atoms with Crippen molar-refractivity contribution in [2.24, 2.45) is 0 Å². The highest BCUT2D eigenvalue weighted by Gasteiger charge is 2.07. The van der Waals surface area contributed by atoms with Crippen LogP contribution < -0.4 is 5.32 Å². The van der Waals surface area contributed by atoms with E-state index in [4.69, 9.17) is 0 Å². The number of carbonyl (C=O) groups excluding carboxylic acids is 1. The van der Waals surface area contributed by atoms with E-state index in [1.54, 1.807) is 11.3 Å². The van der Waals surface area contributed by atoms with Crippen LogP contribution >= 0.6 is 11.3 Å². The molecule has 0 radical (unpaired) electrons. The van der Waals surface area contributed by atoms with Gasteiger partial charge in [0.05, 0.1) is 21.6 Å². The molecule has 4 rings (SSSR count). The van der Waals surface area contributed by atoms with Crippen LogP contribution in [0.4, 0.5) is 5.69 Å². The van der Waals surface area contributed by atoms with Gasteiger partial charge in [0.25, 0.3) is 0 Å². The number of hydrogen-bond donors (Lipinski definition) is 2. The molecule has 0 aliphatic heterocycles. The Labute approximate surface area is 137 Å². The quantitative estimate of drug-likeness (QED) is 0.592. The van der Waals surface area contributed by atoms with Crippen LogP contribution in [0.25, 0.3) is 21.1 Å². The summed E-state index contributed by atoms with van der Waals surface area (Å²) >= 11 is 1.66. The molecule has 23 heavy (non-hydrogen) atoms. The lowest BCUT2D eigenvalue weighted by molar-refractivity contribution is -0.115. The standard InChI is InChI=1S/C18H15N3OS/c1-11-20-16-10-14(3-5-17(16)23-11)21-18(22)9-12-2-4-15-13(8-12)6-7-19-15/h2-8,10,19H,9H2,1H3,(H,21,22). The second-order valence-corrected chi connectivity index (χ2v) is 6.77. The minimum Gasteiger partial charge on any atom is -0.361 e. The van der Waals surface area contributed by atoms with Gasteiger partial charge in [-0.25, -0.2) is 4.98 Å². The molecule has 2 heterocycles. The molecule has 0 aliphatic carbocycles. The summed E-state index contributed by atoms with van der Waals surface area (Å²) in [4.78, 5) is 19.9. The number of carbonyl (C=O) groups is 1. The third-order valence-electron chi connectivity index (χ3n) is 3.76. The van der Waals surface area contributed by atoms with Crippen LogP contribution in [0.2, 0.25) is 0 Å². The summed E-state index contributed by atoms with van der Waals surface area (Å²) in [7, 11) is 0. The summed E-state index contributed by atoms with van der Waals surface area (Å²) in [5, 5.41) is 5.10. The van der Waals surface area contributed by atoms with Crippen molar-refractivity contribution in [2.75, 3.05) is 5.32 Å². The summed E-state index contributed by atoms with van der Waals surface area (Å²) in [6.07, 6.45) is 2.26. The minimum absolute atomic E-state index is 0.0220. The number of aryl methyl sites for hydroxylation is 1. The van der Waals surface area contributed by atoms with E-state index in [0.717, 1.165) is 37.4 Å². The first-order chi connectivity index (χ1) is 11.2. The van der Waals surface area contributed by atoms with Crippen molar-refractivity contribution >= 4 is 44.1 Å². The Balaban J connectivity index is 1.51. The van der Waals surface area contributed by atoms with Gasteiger partial charge in [0.1, 0.15) is 0 Å². The number of anilines is 1. The van der Waals surface area contributed by atoms with E-state index < -0.39 is 0 Å². The highest BCUT2D eigenvalue weighted by Crippen LogP contribution is 2.24. The Morgan fingerprint density at radius 3 is 3.04 bits per heavy atom. The summed E-state index contributed by atoms with van der Waals surface area (Å²) < 4.78 is 1.14. The van der Waals surface area contributed by atoms with Crippen LogP contribution in [0, 0.1) is 6.92 Å². The number of thiazole rings is 1. The summed E-state index contributed by atoms with van der Waals surface area (Å²) in [5.41, 5.74) is 3.80. The number of amides is 1. The minimum atomic E-state index is -0.0220. The number of hydrogen-bond acceptors (Lipinski definition) is 3. The highest BCUT2D eigenvalue weighted by molar-refractivity contribution is 7.18. The number of fused-ring (bicyclic) bond motifs is 2. The Hall–Kier alpha value is -2.66. The van der Waals surface area contributed by atoms with Crippen molar-refractivity contribution in [3.63, 3.8) is 0 Å². The Morgan fingerprint density at radius 1 is 1.22 bits per heavy atom. The van der Waals surface area contributed by atoms with Gasteiger partial charge in [0.2, 0.25) is 5.91 Å². The Bertz CT molecular complexity index is 1020. The molecule has 0 unspecified atom stereocenters. The fourth-order valence-corrected chi connectivity index (χ4v) is 3.53. The van der Waals surface area contributed by atoms with Crippen molar-refractivity contribution in [3.8, 4) is 0 Å². The molecular formula is C18H15N3OS. The third kappa shape index (κ3) is 2.83. The predicted molar refractivity (Wildman–Crippen MR) is 95.0 cm³/mol. The van der Waals surface area contributed by atoms with Crippen molar-refractivity contribution < 1.29 is 4.79 Å². The molecule has 2 N–H and O–H groups in total. The second-order valence-electron chi connectivity index (χ2n) is 5.54. The first kappa shape index (κ1) is 14.0. The number of H-pyrrole nitrogens is 1. The molecule has 0 atom stereocenters. The van der Waals surface area contributed by atoms with E-state index in [0.29, 0.717) is 6.42 Å².